The molecule has 0 aliphatic rings. The zero-order chi connectivity index (χ0) is 21.2. The van der Waals surface area contributed by atoms with Crippen LogP contribution in [-0.2, 0) is 4.79 Å². The maximum Gasteiger partial charge on any atom is 0.251 e. The van der Waals surface area contributed by atoms with E-state index in [9.17, 15) is 14.4 Å². The largest absolute Gasteiger partial charge is 0.494 e. The maximum atomic E-state index is 12.2. The van der Waals surface area contributed by atoms with E-state index in [1.54, 1.807) is 48.5 Å². The Bertz CT molecular complexity index is 830. The Kier molecular flexibility index (Phi) is 8.21. The average Bonchev–Trinajstić information content (AvgIpc) is 2.72. The molecule has 0 aliphatic heterocycles. The monoisotopic (exact) mass is 397 g/mol. The molecule has 29 heavy (non-hydrogen) atoms. The first-order valence-corrected chi connectivity index (χ1v) is 9.61. The number of nitrogens with one attached hydrogen (secondary N) is 3. The van der Waals surface area contributed by atoms with Gasteiger partial charge < -0.3 is 20.7 Å². The average molecular weight is 397 g/mol. The third kappa shape index (κ3) is 6.95. The van der Waals surface area contributed by atoms with Crippen LogP contribution in [0.3, 0.4) is 0 Å². The van der Waals surface area contributed by atoms with Gasteiger partial charge in [-0.1, -0.05) is 13.8 Å². The lowest BCUT2D eigenvalue weighted by molar-refractivity contribution is -0.118. The summed E-state index contributed by atoms with van der Waals surface area (Å²) in [6.45, 7) is 6.69. The highest BCUT2D eigenvalue weighted by Crippen LogP contribution is 2.12. The topological polar surface area (TPSA) is 96.5 Å². The third-order valence-corrected chi connectivity index (χ3v) is 4.06. The Morgan fingerprint density at radius 1 is 0.828 bits per heavy atom. The fourth-order valence-corrected chi connectivity index (χ4v) is 2.42. The van der Waals surface area contributed by atoms with Crippen molar-refractivity contribution in [2.75, 3.05) is 25.0 Å². The number of anilines is 1. The van der Waals surface area contributed by atoms with Crippen LogP contribution in [0.25, 0.3) is 0 Å². The lowest BCUT2D eigenvalue weighted by Crippen LogP contribution is -2.34. The van der Waals surface area contributed by atoms with Crippen molar-refractivity contribution in [1.82, 2.24) is 10.6 Å². The van der Waals surface area contributed by atoms with Crippen molar-refractivity contribution in [3.63, 3.8) is 0 Å². The molecule has 0 fully saturated rings. The minimum atomic E-state index is -0.248. The van der Waals surface area contributed by atoms with Gasteiger partial charge in [-0.15, -0.1) is 0 Å². The van der Waals surface area contributed by atoms with Gasteiger partial charge in [0.25, 0.3) is 11.8 Å². The first kappa shape index (κ1) is 21.9. The summed E-state index contributed by atoms with van der Waals surface area (Å²) in [6, 6.07) is 13.5. The summed E-state index contributed by atoms with van der Waals surface area (Å²) in [5.41, 5.74) is 1.65. The Balaban J connectivity index is 1.75. The van der Waals surface area contributed by atoms with Crippen molar-refractivity contribution in [1.29, 1.82) is 0 Å². The maximum absolute atomic E-state index is 12.2. The molecule has 7 heteroatoms. The molecule has 0 heterocycles. The van der Waals surface area contributed by atoms with Gasteiger partial charge in [-0.2, -0.15) is 0 Å². The van der Waals surface area contributed by atoms with Gasteiger partial charge in [0.1, 0.15) is 5.75 Å². The van der Waals surface area contributed by atoms with Gasteiger partial charge in [-0.05, 0) is 55.5 Å². The molecule has 3 amide bonds. The quantitative estimate of drug-likeness (QED) is 0.567. The van der Waals surface area contributed by atoms with Crippen LogP contribution in [0.2, 0.25) is 0 Å². The lowest BCUT2D eigenvalue weighted by Gasteiger charge is -2.10. The molecule has 2 aromatic rings. The van der Waals surface area contributed by atoms with Gasteiger partial charge in [0.2, 0.25) is 5.91 Å². The molecule has 7 nitrogen and oxygen atoms in total. The Morgan fingerprint density at radius 3 is 1.76 bits per heavy atom. The summed E-state index contributed by atoms with van der Waals surface area (Å²) in [4.78, 5) is 36.0. The number of carbonyl (C=O) groups excluding carboxylic acids is 3. The van der Waals surface area contributed by atoms with Crippen molar-refractivity contribution in [3.8, 4) is 5.75 Å². The summed E-state index contributed by atoms with van der Waals surface area (Å²) in [7, 11) is 0. The molecule has 3 N–H and O–H groups in total. The molecule has 2 rings (SSSR count). The van der Waals surface area contributed by atoms with Gasteiger partial charge in [-0.3, -0.25) is 14.4 Å². The van der Waals surface area contributed by atoms with E-state index in [0.29, 0.717) is 42.3 Å². The Hall–Kier alpha value is -3.35. The molecule has 0 bridgehead atoms. The molecular weight excluding hydrogens is 370 g/mol. The molecule has 0 atom stereocenters. The third-order valence-electron chi connectivity index (χ3n) is 4.06. The molecule has 0 aromatic heterocycles. The molecule has 0 saturated carbocycles. The molecule has 0 aliphatic carbocycles. The van der Waals surface area contributed by atoms with Crippen LogP contribution in [-0.4, -0.2) is 37.4 Å². The second kappa shape index (κ2) is 10.8. The fourth-order valence-electron chi connectivity index (χ4n) is 2.42. The summed E-state index contributed by atoms with van der Waals surface area (Å²) in [5.74, 6) is 0.0574. The van der Waals surface area contributed by atoms with Crippen LogP contribution in [0.5, 0.6) is 5.75 Å². The summed E-state index contributed by atoms with van der Waals surface area (Å²) in [6.07, 6.45) is 0. The van der Waals surface area contributed by atoms with Crippen molar-refractivity contribution >= 4 is 23.4 Å². The van der Waals surface area contributed by atoms with E-state index < -0.39 is 0 Å². The molecule has 2 aromatic carbocycles. The number of hydrogen-bond donors (Lipinski definition) is 3. The van der Waals surface area contributed by atoms with Crippen LogP contribution in [0.15, 0.2) is 48.5 Å². The van der Waals surface area contributed by atoms with Crippen molar-refractivity contribution in [3.05, 3.63) is 59.7 Å². The van der Waals surface area contributed by atoms with Crippen LogP contribution >= 0.6 is 0 Å². The zero-order valence-electron chi connectivity index (χ0n) is 17.0. The van der Waals surface area contributed by atoms with E-state index in [1.807, 2.05) is 20.8 Å². The number of benzene rings is 2. The normalized spacial score (nSPS) is 10.3. The fraction of sp³-hybridized carbons (Fsp3) is 0.318. The number of hydrogen-bond acceptors (Lipinski definition) is 4. The predicted octanol–water partition coefficient (Wildman–Crippen LogP) is 2.84. The van der Waals surface area contributed by atoms with E-state index in [-0.39, 0.29) is 23.6 Å². The van der Waals surface area contributed by atoms with Crippen LogP contribution in [0.4, 0.5) is 5.69 Å². The second-order valence-electron chi connectivity index (χ2n) is 6.69. The standard InChI is InChI=1S/C22H27N3O4/c1-4-29-19-11-7-17(8-12-19)22(28)24-14-13-23-21(27)16-5-9-18(10-6-16)25-20(26)15(2)3/h5-12,15H,4,13-14H2,1-3H3,(H,23,27)(H,24,28)(H,25,26). The minimum absolute atomic E-state index is 0.0783. The summed E-state index contributed by atoms with van der Waals surface area (Å²) >= 11 is 0. The number of ether oxygens (including phenoxy) is 1. The Morgan fingerprint density at radius 2 is 1.31 bits per heavy atom. The van der Waals surface area contributed by atoms with Crippen LogP contribution in [0.1, 0.15) is 41.5 Å². The smallest absolute Gasteiger partial charge is 0.251 e. The molecular formula is C22H27N3O4. The SMILES string of the molecule is CCOc1ccc(C(=O)NCCNC(=O)c2ccc(NC(=O)C(C)C)cc2)cc1. The van der Waals surface area contributed by atoms with Crippen molar-refractivity contribution in [2.24, 2.45) is 5.92 Å². The highest BCUT2D eigenvalue weighted by molar-refractivity contribution is 5.96. The number of carbonyl (C=O) groups is 3. The van der Waals surface area contributed by atoms with Crippen molar-refractivity contribution < 1.29 is 19.1 Å². The molecule has 0 radical (unpaired) electrons. The minimum Gasteiger partial charge on any atom is -0.494 e. The summed E-state index contributed by atoms with van der Waals surface area (Å²) < 4.78 is 5.34. The van der Waals surface area contributed by atoms with E-state index in [4.69, 9.17) is 4.74 Å². The van der Waals surface area contributed by atoms with Crippen LogP contribution in [0, 0.1) is 5.92 Å². The van der Waals surface area contributed by atoms with Gasteiger partial charge in [0.15, 0.2) is 0 Å². The van der Waals surface area contributed by atoms with Gasteiger partial charge >= 0.3 is 0 Å². The highest BCUT2D eigenvalue weighted by atomic mass is 16.5. The lowest BCUT2D eigenvalue weighted by atomic mass is 10.1. The van der Waals surface area contributed by atoms with Gasteiger partial charge in [-0.25, -0.2) is 0 Å². The molecule has 0 unspecified atom stereocenters. The molecule has 154 valence electrons. The van der Waals surface area contributed by atoms with E-state index in [0.717, 1.165) is 0 Å². The second-order valence-corrected chi connectivity index (χ2v) is 6.69. The predicted molar refractivity (Wildman–Crippen MR) is 112 cm³/mol. The summed E-state index contributed by atoms with van der Waals surface area (Å²) in [5, 5.41) is 8.28. The number of amides is 3. The highest BCUT2D eigenvalue weighted by Gasteiger charge is 2.09. The molecule has 0 saturated heterocycles. The first-order valence-electron chi connectivity index (χ1n) is 9.61. The molecule has 0 spiro atoms. The van der Waals surface area contributed by atoms with Crippen LogP contribution < -0.4 is 20.7 Å². The van der Waals surface area contributed by atoms with Crippen molar-refractivity contribution in [2.45, 2.75) is 20.8 Å². The van der Waals surface area contributed by atoms with E-state index >= 15 is 0 Å². The van der Waals surface area contributed by atoms with Gasteiger partial charge in [0.05, 0.1) is 6.61 Å². The number of rotatable bonds is 9. The van der Waals surface area contributed by atoms with E-state index in [2.05, 4.69) is 16.0 Å². The zero-order valence-corrected chi connectivity index (χ0v) is 17.0. The Labute approximate surface area is 170 Å². The first-order chi connectivity index (χ1) is 13.9. The van der Waals surface area contributed by atoms with E-state index in [1.165, 1.54) is 0 Å². The van der Waals surface area contributed by atoms with Gasteiger partial charge in [0, 0.05) is 35.8 Å².